The van der Waals surface area contributed by atoms with E-state index < -0.39 is 7.12 Å². The van der Waals surface area contributed by atoms with Crippen molar-refractivity contribution < 1.29 is 10.0 Å². The number of hydrogen-bond donors (Lipinski definition) is 2. The molecule has 1 aromatic heterocycles. The van der Waals surface area contributed by atoms with Crippen molar-refractivity contribution in [2.45, 2.75) is 13.8 Å². The van der Waals surface area contributed by atoms with Gasteiger partial charge in [0, 0.05) is 5.69 Å². The van der Waals surface area contributed by atoms with Gasteiger partial charge >= 0.3 is 7.12 Å². The van der Waals surface area contributed by atoms with Gasteiger partial charge in [-0.05, 0) is 37.5 Å². The van der Waals surface area contributed by atoms with Crippen molar-refractivity contribution in [1.82, 2.24) is 9.78 Å². The summed E-state index contributed by atoms with van der Waals surface area (Å²) in [5.41, 5.74) is 3.25. The molecule has 0 bridgehead atoms. The van der Waals surface area contributed by atoms with E-state index in [4.69, 9.17) is 10.0 Å². The lowest BCUT2D eigenvalue weighted by Crippen LogP contribution is -2.30. The summed E-state index contributed by atoms with van der Waals surface area (Å²) in [6.45, 7) is 3.89. The van der Waals surface area contributed by atoms with Gasteiger partial charge in [0.2, 0.25) is 0 Å². The van der Waals surface area contributed by atoms with Gasteiger partial charge in [-0.2, -0.15) is 5.10 Å². The molecule has 82 valence electrons. The van der Waals surface area contributed by atoms with E-state index in [1.54, 1.807) is 22.9 Å². The first-order valence-corrected chi connectivity index (χ1v) is 5.07. The third kappa shape index (κ3) is 2.00. The highest BCUT2D eigenvalue weighted by molar-refractivity contribution is 6.58. The molecule has 0 spiro atoms. The van der Waals surface area contributed by atoms with Crippen molar-refractivity contribution in [2.75, 3.05) is 0 Å². The predicted octanol–water partition coefficient (Wildman–Crippen LogP) is 0.169. The molecule has 0 radical (unpaired) electrons. The number of hydrogen-bond acceptors (Lipinski definition) is 3. The van der Waals surface area contributed by atoms with Gasteiger partial charge < -0.3 is 10.0 Å². The first-order chi connectivity index (χ1) is 7.58. The van der Waals surface area contributed by atoms with Gasteiger partial charge in [0.15, 0.2) is 0 Å². The van der Waals surface area contributed by atoms with Gasteiger partial charge in [-0.1, -0.05) is 12.1 Å². The standard InChI is InChI=1S/C11H13BN2O2/c1-8-6-9(2)14(13-8)11-5-3-4-10(7-11)12(15)16/h3-7,15-16H,1-2H3. The fraction of sp³-hybridized carbons (Fsp3) is 0.182. The Morgan fingerprint density at radius 1 is 1.19 bits per heavy atom. The second-order valence-corrected chi connectivity index (χ2v) is 3.81. The third-order valence-corrected chi connectivity index (χ3v) is 2.42. The molecule has 0 saturated heterocycles. The maximum Gasteiger partial charge on any atom is 0.488 e. The number of aromatic nitrogens is 2. The maximum absolute atomic E-state index is 9.10. The van der Waals surface area contributed by atoms with E-state index in [0.717, 1.165) is 17.1 Å². The highest BCUT2D eigenvalue weighted by Crippen LogP contribution is 2.10. The predicted molar refractivity (Wildman–Crippen MR) is 62.9 cm³/mol. The van der Waals surface area contributed by atoms with Crippen LogP contribution in [-0.4, -0.2) is 26.9 Å². The Morgan fingerprint density at radius 3 is 2.50 bits per heavy atom. The monoisotopic (exact) mass is 216 g/mol. The van der Waals surface area contributed by atoms with Gasteiger partial charge in [0.25, 0.3) is 0 Å². The molecule has 2 aromatic rings. The Balaban J connectivity index is 2.48. The number of rotatable bonds is 2. The van der Waals surface area contributed by atoms with Crippen molar-refractivity contribution in [3.8, 4) is 5.69 Å². The van der Waals surface area contributed by atoms with Crippen molar-refractivity contribution in [3.63, 3.8) is 0 Å². The van der Waals surface area contributed by atoms with Crippen LogP contribution in [0.3, 0.4) is 0 Å². The van der Waals surface area contributed by atoms with Crippen LogP contribution < -0.4 is 5.46 Å². The molecule has 0 amide bonds. The van der Waals surface area contributed by atoms with Crippen LogP contribution in [0, 0.1) is 13.8 Å². The lowest BCUT2D eigenvalue weighted by molar-refractivity contribution is 0.425. The van der Waals surface area contributed by atoms with Crippen LogP contribution >= 0.6 is 0 Å². The molecule has 16 heavy (non-hydrogen) atoms. The summed E-state index contributed by atoms with van der Waals surface area (Å²) in [4.78, 5) is 0. The molecule has 1 aromatic carbocycles. The van der Waals surface area contributed by atoms with Crippen LogP contribution in [0.4, 0.5) is 0 Å². The molecule has 0 aliphatic rings. The molecule has 0 fully saturated rings. The Bertz CT molecular complexity index is 508. The molecular weight excluding hydrogens is 203 g/mol. The summed E-state index contributed by atoms with van der Waals surface area (Å²) >= 11 is 0. The zero-order valence-corrected chi connectivity index (χ0v) is 9.25. The van der Waals surface area contributed by atoms with Gasteiger partial charge in [0.05, 0.1) is 11.4 Å². The van der Waals surface area contributed by atoms with Crippen LogP contribution in [-0.2, 0) is 0 Å². The summed E-state index contributed by atoms with van der Waals surface area (Å²) in [7, 11) is -1.45. The smallest absolute Gasteiger partial charge is 0.423 e. The van der Waals surface area contributed by atoms with E-state index in [1.807, 2.05) is 26.0 Å². The van der Waals surface area contributed by atoms with Crippen molar-refractivity contribution in [1.29, 1.82) is 0 Å². The number of benzene rings is 1. The second kappa shape index (κ2) is 4.12. The van der Waals surface area contributed by atoms with Gasteiger partial charge in [-0.3, -0.25) is 0 Å². The van der Waals surface area contributed by atoms with Crippen LogP contribution in [0.25, 0.3) is 5.69 Å². The molecule has 4 nitrogen and oxygen atoms in total. The van der Waals surface area contributed by atoms with Crippen LogP contribution in [0.15, 0.2) is 30.3 Å². The Morgan fingerprint density at radius 2 is 1.94 bits per heavy atom. The normalized spacial score (nSPS) is 10.5. The summed E-state index contributed by atoms with van der Waals surface area (Å²) < 4.78 is 1.78. The van der Waals surface area contributed by atoms with Gasteiger partial charge in [-0.25, -0.2) is 4.68 Å². The quantitative estimate of drug-likeness (QED) is 0.703. The van der Waals surface area contributed by atoms with Crippen molar-refractivity contribution in [3.05, 3.63) is 41.7 Å². The first-order valence-electron chi connectivity index (χ1n) is 5.07. The molecule has 2 rings (SSSR count). The molecule has 5 heteroatoms. The average Bonchev–Trinajstić information content (AvgIpc) is 2.58. The fourth-order valence-corrected chi connectivity index (χ4v) is 1.71. The number of aryl methyl sites for hydroxylation is 2. The van der Waals surface area contributed by atoms with Gasteiger partial charge in [-0.15, -0.1) is 0 Å². The zero-order valence-electron chi connectivity index (χ0n) is 9.25. The summed E-state index contributed by atoms with van der Waals surface area (Å²) in [5, 5.41) is 22.5. The highest BCUT2D eigenvalue weighted by atomic mass is 16.4. The maximum atomic E-state index is 9.10. The minimum atomic E-state index is -1.45. The summed E-state index contributed by atoms with van der Waals surface area (Å²) in [6, 6.07) is 9.01. The summed E-state index contributed by atoms with van der Waals surface area (Å²) in [6.07, 6.45) is 0. The molecule has 1 heterocycles. The van der Waals surface area contributed by atoms with E-state index in [1.165, 1.54) is 0 Å². The highest BCUT2D eigenvalue weighted by Gasteiger charge is 2.12. The lowest BCUT2D eigenvalue weighted by atomic mass is 9.80. The van der Waals surface area contributed by atoms with Crippen LogP contribution in [0.2, 0.25) is 0 Å². The van der Waals surface area contributed by atoms with E-state index in [9.17, 15) is 0 Å². The zero-order chi connectivity index (χ0) is 11.7. The Kier molecular flexibility index (Phi) is 2.81. The minimum absolute atomic E-state index is 0.463. The fourth-order valence-electron chi connectivity index (χ4n) is 1.71. The Hall–Kier alpha value is -1.59. The number of nitrogens with zero attached hydrogens (tertiary/aromatic N) is 2. The Labute approximate surface area is 94.3 Å². The first kappa shape index (κ1) is 10.9. The SMILES string of the molecule is Cc1cc(C)n(-c2cccc(B(O)O)c2)n1. The third-order valence-electron chi connectivity index (χ3n) is 2.42. The molecule has 0 atom stereocenters. The van der Waals surface area contributed by atoms with E-state index in [-0.39, 0.29) is 0 Å². The molecule has 0 aliphatic carbocycles. The molecule has 0 aliphatic heterocycles. The van der Waals surface area contributed by atoms with E-state index >= 15 is 0 Å². The van der Waals surface area contributed by atoms with Crippen molar-refractivity contribution >= 4 is 12.6 Å². The topological polar surface area (TPSA) is 58.3 Å². The van der Waals surface area contributed by atoms with E-state index in [2.05, 4.69) is 5.10 Å². The van der Waals surface area contributed by atoms with Crippen LogP contribution in [0.1, 0.15) is 11.4 Å². The minimum Gasteiger partial charge on any atom is -0.423 e. The van der Waals surface area contributed by atoms with Crippen molar-refractivity contribution in [2.24, 2.45) is 0 Å². The molecule has 2 N–H and O–H groups in total. The average molecular weight is 216 g/mol. The van der Waals surface area contributed by atoms with Crippen LogP contribution in [0.5, 0.6) is 0 Å². The summed E-state index contributed by atoms with van der Waals surface area (Å²) in [5.74, 6) is 0. The second-order valence-electron chi connectivity index (χ2n) is 3.81. The van der Waals surface area contributed by atoms with E-state index in [0.29, 0.717) is 5.46 Å². The lowest BCUT2D eigenvalue weighted by Gasteiger charge is -2.06. The largest absolute Gasteiger partial charge is 0.488 e. The molecular formula is C11H13BN2O2. The van der Waals surface area contributed by atoms with Gasteiger partial charge in [0.1, 0.15) is 0 Å². The molecule has 0 saturated carbocycles. The molecule has 0 unspecified atom stereocenters.